The summed E-state index contributed by atoms with van der Waals surface area (Å²) in [6, 6.07) is 0.590. The predicted molar refractivity (Wildman–Crippen MR) is 69.8 cm³/mol. The van der Waals surface area contributed by atoms with Crippen LogP contribution in [0.5, 0.6) is 0 Å². The first-order chi connectivity index (χ1) is 7.77. The molecule has 2 heteroatoms. The summed E-state index contributed by atoms with van der Waals surface area (Å²) in [6.45, 7) is 7.70. The zero-order chi connectivity index (χ0) is 11.8. The van der Waals surface area contributed by atoms with E-state index in [0.717, 1.165) is 6.54 Å². The van der Waals surface area contributed by atoms with E-state index < -0.39 is 0 Å². The van der Waals surface area contributed by atoms with Crippen LogP contribution in [0, 0.1) is 0 Å². The van der Waals surface area contributed by atoms with Crippen LogP contribution < -0.4 is 5.32 Å². The molecule has 2 nitrogen and oxygen atoms in total. The third-order valence-corrected chi connectivity index (χ3v) is 3.52. The van der Waals surface area contributed by atoms with Crippen LogP contribution >= 0.6 is 0 Å². The lowest BCUT2D eigenvalue weighted by molar-refractivity contribution is -0.0291. The van der Waals surface area contributed by atoms with Crippen LogP contribution in [0.3, 0.4) is 0 Å². The fourth-order valence-corrected chi connectivity index (χ4v) is 2.71. The highest BCUT2D eigenvalue weighted by molar-refractivity contribution is 4.80. The van der Waals surface area contributed by atoms with Crippen molar-refractivity contribution in [3.63, 3.8) is 0 Å². The Morgan fingerprint density at radius 3 is 2.62 bits per heavy atom. The van der Waals surface area contributed by atoms with Crippen molar-refractivity contribution in [1.29, 1.82) is 0 Å². The minimum atomic E-state index is 0.425. The van der Waals surface area contributed by atoms with Crippen LogP contribution in [-0.2, 0) is 4.74 Å². The number of rotatable bonds is 6. The largest absolute Gasteiger partial charge is 0.374 e. The average Bonchev–Trinajstić information content (AvgIpc) is 2.46. The first-order valence-electron chi connectivity index (χ1n) is 7.16. The number of nitrogens with one attached hydrogen (secondary N) is 1. The Labute approximate surface area is 101 Å². The standard InChI is InChI=1S/C14H29NO/c1-4-9-12(3)16-14-11-8-6-7-10-13(14)15-5-2/h12-15H,4-11H2,1-3H3. The molecule has 0 heterocycles. The van der Waals surface area contributed by atoms with Gasteiger partial charge in [0.1, 0.15) is 0 Å². The van der Waals surface area contributed by atoms with Crippen LogP contribution in [-0.4, -0.2) is 24.8 Å². The van der Waals surface area contributed by atoms with E-state index in [0.29, 0.717) is 18.2 Å². The summed E-state index contributed by atoms with van der Waals surface area (Å²) in [5, 5.41) is 3.60. The molecule has 0 aliphatic heterocycles. The summed E-state index contributed by atoms with van der Waals surface area (Å²) in [7, 11) is 0. The highest BCUT2D eigenvalue weighted by Crippen LogP contribution is 2.22. The molecule has 0 aromatic rings. The first-order valence-corrected chi connectivity index (χ1v) is 7.16. The number of hydrogen-bond donors (Lipinski definition) is 1. The van der Waals surface area contributed by atoms with Gasteiger partial charge in [0.05, 0.1) is 12.2 Å². The molecule has 0 aromatic heterocycles. The highest BCUT2D eigenvalue weighted by Gasteiger charge is 2.24. The molecule has 0 spiro atoms. The van der Waals surface area contributed by atoms with Crippen LogP contribution in [0.25, 0.3) is 0 Å². The molecular weight excluding hydrogens is 198 g/mol. The van der Waals surface area contributed by atoms with Gasteiger partial charge in [-0.15, -0.1) is 0 Å². The molecule has 0 aromatic carbocycles. The Hall–Kier alpha value is -0.0800. The summed E-state index contributed by atoms with van der Waals surface area (Å²) in [4.78, 5) is 0. The molecular formula is C14H29NO. The molecule has 1 rings (SSSR count). The second-order valence-electron chi connectivity index (χ2n) is 5.08. The minimum absolute atomic E-state index is 0.425. The van der Waals surface area contributed by atoms with Gasteiger partial charge in [0, 0.05) is 6.04 Å². The van der Waals surface area contributed by atoms with Gasteiger partial charge < -0.3 is 10.1 Å². The van der Waals surface area contributed by atoms with Crippen LogP contribution in [0.4, 0.5) is 0 Å². The zero-order valence-corrected chi connectivity index (χ0v) is 11.3. The van der Waals surface area contributed by atoms with Crippen molar-refractivity contribution in [1.82, 2.24) is 5.32 Å². The third kappa shape index (κ3) is 4.84. The third-order valence-electron chi connectivity index (χ3n) is 3.52. The second-order valence-corrected chi connectivity index (χ2v) is 5.08. The van der Waals surface area contributed by atoms with E-state index in [9.17, 15) is 0 Å². The highest BCUT2D eigenvalue weighted by atomic mass is 16.5. The van der Waals surface area contributed by atoms with Crippen molar-refractivity contribution in [3.05, 3.63) is 0 Å². The molecule has 1 aliphatic rings. The van der Waals surface area contributed by atoms with Gasteiger partial charge in [-0.1, -0.05) is 39.5 Å². The Bertz CT molecular complexity index is 172. The molecule has 1 N–H and O–H groups in total. The van der Waals surface area contributed by atoms with E-state index in [-0.39, 0.29) is 0 Å². The Morgan fingerprint density at radius 1 is 1.19 bits per heavy atom. The summed E-state index contributed by atoms with van der Waals surface area (Å²) in [5.41, 5.74) is 0. The van der Waals surface area contributed by atoms with E-state index in [1.54, 1.807) is 0 Å². The maximum Gasteiger partial charge on any atom is 0.0731 e. The Morgan fingerprint density at radius 2 is 1.94 bits per heavy atom. The Balaban J connectivity index is 2.43. The maximum atomic E-state index is 6.21. The lowest BCUT2D eigenvalue weighted by atomic mass is 10.1. The number of ether oxygens (including phenoxy) is 1. The van der Waals surface area contributed by atoms with Gasteiger partial charge in [-0.05, 0) is 32.7 Å². The molecule has 1 saturated carbocycles. The molecule has 16 heavy (non-hydrogen) atoms. The molecule has 1 fully saturated rings. The Kier molecular flexibility index (Phi) is 7.06. The van der Waals surface area contributed by atoms with Gasteiger partial charge in [-0.25, -0.2) is 0 Å². The maximum absolute atomic E-state index is 6.21. The summed E-state index contributed by atoms with van der Waals surface area (Å²) in [5.74, 6) is 0. The van der Waals surface area contributed by atoms with E-state index in [1.807, 2.05) is 0 Å². The van der Waals surface area contributed by atoms with Gasteiger partial charge in [0.15, 0.2) is 0 Å². The SMILES string of the molecule is CCCC(C)OC1CCCCCC1NCC. The van der Waals surface area contributed by atoms with Crippen molar-refractivity contribution >= 4 is 0 Å². The molecule has 3 atom stereocenters. The molecule has 0 saturated heterocycles. The average molecular weight is 227 g/mol. The van der Waals surface area contributed by atoms with Crippen molar-refractivity contribution in [2.45, 2.75) is 84.0 Å². The lowest BCUT2D eigenvalue weighted by Gasteiger charge is -2.29. The van der Waals surface area contributed by atoms with Crippen molar-refractivity contribution in [2.75, 3.05) is 6.54 Å². The van der Waals surface area contributed by atoms with Gasteiger partial charge in [-0.3, -0.25) is 0 Å². The van der Waals surface area contributed by atoms with E-state index in [1.165, 1.54) is 44.9 Å². The molecule has 3 unspecified atom stereocenters. The summed E-state index contributed by atoms with van der Waals surface area (Å²) >= 11 is 0. The molecule has 0 amide bonds. The lowest BCUT2D eigenvalue weighted by Crippen LogP contribution is -2.42. The van der Waals surface area contributed by atoms with Crippen molar-refractivity contribution < 1.29 is 4.74 Å². The van der Waals surface area contributed by atoms with E-state index in [2.05, 4.69) is 26.1 Å². The summed E-state index contributed by atoms with van der Waals surface area (Å²) < 4.78 is 6.21. The van der Waals surface area contributed by atoms with Crippen molar-refractivity contribution in [3.8, 4) is 0 Å². The number of likely N-dealkylation sites (N-methyl/N-ethyl adjacent to an activating group) is 1. The molecule has 96 valence electrons. The van der Waals surface area contributed by atoms with E-state index in [4.69, 9.17) is 4.74 Å². The van der Waals surface area contributed by atoms with Gasteiger partial charge in [0.25, 0.3) is 0 Å². The molecule has 0 radical (unpaired) electrons. The fraction of sp³-hybridized carbons (Fsp3) is 1.00. The quantitative estimate of drug-likeness (QED) is 0.701. The van der Waals surface area contributed by atoms with Crippen molar-refractivity contribution in [2.24, 2.45) is 0 Å². The molecule has 0 bridgehead atoms. The monoisotopic (exact) mass is 227 g/mol. The predicted octanol–water partition coefficient (Wildman–Crippen LogP) is 3.50. The second kappa shape index (κ2) is 8.08. The van der Waals surface area contributed by atoms with E-state index >= 15 is 0 Å². The van der Waals surface area contributed by atoms with Crippen LogP contribution in [0.1, 0.15) is 65.7 Å². The van der Waals surface area contributed by atoms with Crippen LogP contribution in [0.15, 0.2) is 0 Å². The van der Waals surface area contributed by atoms with Gasteiger partial charge in [-0.2, -0.15) is 0 Å². The topological polar surface area (TPSA) is 21.3 Å². The van der Waals surface area contributed by atoms with Gasteiger partial charge >= 0.3 is 0 Å². The fourth-order valence-electron chi connectivity index (χ4n) is 2.71. The minimum Gasteiger partial charge on any atom is -0.374 e. The summed E-state index contributed by atoms with van der Waals surface area (Å²) in [6.07, 6.45) is 9.89. The zero-order valence-electron chi connectivity index (χ0n) is 11.3. The van der Waals surface area contributed by atoms with Gasteiger partial charge in [0.2, 0.25) is 0 Å². The number of hydrogen-bond acceptors (Lipinski definition) is 2. The normalized spacial score (nSPS) is 28.7. The van der Waals surface area contributed by atoms with Crippen LogP contribution in [0.2, 0.25) is 0 Å². The molecule has 1 aliphatic carbocycles. The smallest absolute Gasteiger partial charge is 0.0731 e. The first kappa shape index (κ1) is 14.0.